The minimum Gasteiger partial charge on any atom is -0.345 e. The zero-order chi connectivity index (χ0) is 22.2. The minimum atomic E-state index is -1.10. The number of urea groups is 1. The van der Waals surface area contributed by atoms with E-state index in [1.165, 1.54) is 0 Å². The third-order valence-corrected chi connectivity index (χ3v) is 6.05. The molecule has 2 aliphatic rings. The summed E-state index contributed by atoms with van der Waals surface area (Å²) in [5.41, 5.74) is 3.37. The van der Waals surface area contributed by atoms with E-state index in [1.54, 1.807) is 6.07 Å². The lowest BCUT2D eigenvalue weighted by Gasteiger charge is -2.22. The van der Waals surface area contributed by atoms with E-state index in [0.29, 0.717) is 18.5 Å². The molecular formula is C23H24N4O4. The van der Waals surface area contributed by atoms with Gasteiger partial charge in [0.1, 0.15) is 12.1 Å². The summed E-state index contributed by atoms with van der Waals surface area (Å²) >= 11 is 0. The molecule has 5 amide bonds. The Bertz CT molecular complexity index is 1100. The number of carbonyl (C=O) groups excluding carboxylic acids is 4. The number of fused-ring (bicyclic) bond motifs is 2. The summed E-state index contributed by atoms with van der Waals surface area (Å²) < 4.78 is 0. The Kier molecular flexibility index (Phi) is 5.22. The van der Waals surface area contributed by atoms with Crippen molar-refractivity contribution in [2.24, 2.45) is 0 Å². The number of benzene rings is 2. The van der Waals surface area contributed by atoms with Crippen LogP contribution in [0.15, 0.2) is 42.5 Å². The highest BCUT2D eigenvalue weighted by Gasteiger charge is 2.55. The zero-order valence-electron chi connectivity index (χ0n) is 17.5. The zero-order valence-corrected chi connectivity index (χ0v) is 17.5. The van der Waals surface area contributed by atoms with Gasteiger partial charge in [0.25, 0.3) is 5.91 Å². The topological polar surface area (TPSA) is 108 Å². The molecule has 1 fully saturated rings. The van der Waals surface area contributed by atoms with Gasteiger partial charge in [0.15, 0.2) is 0 Å². The third-order valence-electron chi connectivity index (χ3n) is 6.05. The fourth-order valence-electron chi connectivity index (χ4n) is 4.19. The van der Waals surface area contributed by atoms with Gasteiger partial charge >= 0.3 is 6.03 Å². The van der Waals surface area contributed by atoms with E-state index in [1.807, 2.05) is 50.2 Å². The van der Waals surface area contributed by atoms with Gasteiger partial charge in [0.05, 0.1) is 6.54 Å². The summed E-state index contributed by atoms with van der Waals surface area (Å²) in [4.78, 5) is 51.0. The van der Waals surface area contributed by atoms with Crippen LogP contribution in [0.5, 0.6) is 0 Å². The number of nitrogens with zero attached hydrogens (tertiary/aromatic N) is 1. The van der Waals surface area contributed by atoms with Crippen LogP contribution < -0.4 is 16.0 Å². The number of aryl methyl sites for hydroxylation is 2. The molecule has 1 spiro atoms. The second-order valence-electron chi connectivity index (χ2n) is 7.96. The van der Waals surface area contributed by atoms with E-state index in [2.05, 4.69) is 16.0 Å². The van der Waals surface area contributed by atoms with E-state index in [-0.39, 0.29) is 12.5 Å². The van der Waals surface area contributed by atoms with Crippen LogP contribution in [0.3, 0.4) is 0 Å². The Morgan fingerprint density at radius 3 is 2.65 bits per heavy atom. The molecule has 0 bridgehead atoms. The van der Waals surface area contributed by atoms with Crippen molar-refractivity contribution in [3.63, 3.8) is 0 Å². The predicted octanol–water partition coefficient (Wildman–Crippen LogP) is 1.75. The Labute approximate surface area is 180 Å². The number of amides is 5. The van der Waals surface area contributed by atoms with E-state index < -0.39 is 29.9 Å². The highest BCUT2D eigenvalue weighted by atomic mass is 16.2. The van der Waals surface area contributed by atoms with Crippen molar-refractivity contribution in [2.75, 3.05) is 18.4 Å². The highest BCUT2D eigenvalue weighted by Crippen LogP contribution is 2.41. The molecule has 1 saturated heterocycles. The molecule has 2 aromatic carbocycles. The van der Waals surface area contributed by atoms with Gasteiger partial charge in [-0.1, -0.05) is 36.4 Å². The first-order valence-corrected chi connectivity index (χ1v) is 10.2. The lowest BCUT2D eigenvalue weighted by Crippen LogP contribution is -2.44. The molecule has 2 aromatic rings. The molecule has 160 valence electrons. The molecule has 0 saturated carbocycles. The smallest absolute Gasteiger partial charge is 0.325 e. The predicted molar refractivity (Wildman–Crippen MR) is 114 cm³/mol. The van der Waals surface area contributed by atoms with E-state index in [0.717, 1.165) is 27.2 Å². The first-order chi connectivity index (χ1) is 14.8. The van der Waals surface area contributed by atoms with Gasteiger partial charge in [-0.15, -0.1) is 0 Å². The Balaban J connectivity index is 1.36. The van der Waals surface area contributed by atoms with Crippen LogP contribution in [0.2, 0.25) is 0 Å². The number of carbonyl (C=O) groups is 4. The van der Waals surface area contributed by atoms with Gasteiger partial charge in [0, 0.05) is 5.69 Å². The second-order valence-corrected chi connectivity index (χ2v) is 7.96. The summed E-state index contributed by atoms with van der Waals surface area (Å²) in [5, 5.41) is 8.01. The molecule has 1 atom stereocenters. The van der Waals surface area contributed by atoms with Crippen LogP contribution >= 0.6 is 0 Å². The van der Waals surface area contributed by atoms with E-state index >= 15 is 0 Å². The molecule has 8 nitrogen and oxygen atoms in total. The fourth-order valence-corrected chi connectivity index (χ4v) is 4.19. The molecule has 1 aliphatic carbocycles. The Hall–Kier alpha value is -3.68. The van der Waals surface area contributed by atoms with Crippen LogP contribution in [-0.2, 0) is 26.3 Å². The quantitative estimate of drug-likeness (QED) is 0.641. The van der Waals surface area contributed by atoms with Gasteiger partial charge < -0.3 is 16.0 Å². The number of rotatable bonds is 5. The van der Waals surface area contributed by atoms with Crippen LogP contribution in [0.4, 0.5) is 10.5 Å². The number of hydrogen-bond donors (Lipinski definition) is 3. The third kappa shape index (κ3) is 3.65. The van der Waals surface area contributed by atoms with Crippen LogP contribution in [-0.4, -0.2) is 41.7 Å². The van der Waals surface area contributed by atoms with Gasteiger partial charge in [-0.2, -0.15) is 0 Å². The van der Waals surface area contributed by atoms with Crippen molar-refractivity contribution in [3.8, 4) is 0 Å². The molecular weight excluding hydrogens is 396 g/mol. The maximum atomic E-state index is 13.1. The van der Waals surface area contributed by atoms with E-state index in [9.17, 15) is 19.2 Å². The largest absolute Gasteiger partial charge is 0.345 e. The number of hydrogen-bond acceptors (Lipinski definition) is 4. The average Bonchev–Trinajstić information content (AvgIpc) is 3.23. The molecule has 1 aliphatic heterocycles. The van der Waals surface area contributed by atoms with E-state index in [4.69, 9.17) is 0 Å². The molecule has 4 rings (SSSR count). The molecule has 0 radical (unpaired) electrons. The molecule has 3 N–H and O–H groups in total. The van der Waals surface area contributed by atoms with Crippen molar-refractivity contribution >= 4 is 29.4 Å². The van der Waals surface area contributed by atoms with Crippen molar-refractivity contribution in [3.05, 3.63) is 64.7 Å². The SMILES string of the molecule is Cc1cccc(NC(=O)CNC(=O)CN2C(=O)NC3(CCc4ccccc43)C2=O)c1C. The lowest BCUT2D eigenvalue weighted by molar-refractivity contribution is -0.135. The number of anilines is 1. The lowest BCUT2D eigenvalue weighted by atomic mass is 9.92. The standard InChI is InChI=1S/C23H24N4O4/c1-14-6-5-9-18(15(14)2)25-19(28)12-24-20(29)13-27-21(30)23(26-22(27)31)11-10-16-7-3-4-8-17(16)23/h3-9H,10-13H2,1-2H3,(H,24,29)(H,25,28)(H,26,31). The summed E-state index contributed by atoms with van der Waals surface area (Å²) in [6, 6.07) is 12.5. The number of imide groups is 1. The molecule has 0 aromatic heterocycles. The Morgan fingerprint density at radius 2 is 1.84 bits per heavy atom. The van der Waals surface area contributed by atoms with Crippen molar-refractivity contribution in [1.29, 1.82) is 0 Å². The number of nitrogens with one attached hydrogen (secondary N) is 3. The summed E-state index contributed by atoms with van der Waals surface area (Å²) in [5.74, 6) is -1.40. The first kappa shape index (κ1) is 20.6. The van der Waals surface area contributed by atoms with Gasteiger partial charge in [-0.3, -0.25) is 19.3 Å². The molecule has 31 heavy (non-hydrogen) atoms. The first-order valence-electron chi connectivity index (χ1n) is 10.2. The van der Waals surface area contributed by atoms with Crippen molar-refractivity contribution < 1.29 is 19.2 Å². The normalized spacial score (nSPS) is 19.4. The average molecular weight is 420 g/mol. The summed E-state index contributed by atoms with van der Waals surface area (Å²) in [6.45, 7) is 3.15. The molecule has 1 heterocycles. The van der Waals surface area contributed by atoms with Crippen LogP contribution in [0.1, 0.15) is 28.7 Å². The maximum Gasteiger partial charge on any atom is 0.325 e. The van der Waals surface area contributed by atoms with Gasteiger partial charge in [-0.05, 0) is 55.0 Å². The maximum absolute atomic E-state index is 13.1. The Morgan fingerprint density at radius 1 is 1.06 bits per heavy atom. The monoisotopic (exact) mass is 420 g/mol. The second kappa shape index (κ2) is 7.86. The highest BCUT2D eigenvalue weighted by molar-refractivity contribution is 6.10. The van der Waals surface area contributed by atoms with Crippen LogP contribution in [0, 0.1) is 13.8 Å². The van der Waals surface area contributed by atoms with Crippen molar-refractivity contribution in [1.82, 2.24) is 15.5 Å². The molecule has 8 heteroatoms. The summed E-state index contributed by atoms with van der Waals surface area (Å²) in [6.07, 6.45) is 1.15. The van der Waals surface area contributed by atoms with Gasteiger partial charge in [0.2, 0.25) is 11.8 Å². The minimum absolute atomic E-state index is 0.260. The summed E-state index contributed by atoms with van der Waals surface area (Å²) in [7, 11) is 0. The molecule has 1 unspecified atom stereocenters. The van der Waals surface area contributed by atoms with Crippen LogP contribution in [0.25, 0.3) is 0 Å². The fraction of sp³-hybridized carbons (Fsp3) is 0.304. The van der Waals surface area contributed by atoms with Gasteiger partial charge in [-0.25, -0.2) is 4.79 Å². The van der Waals surface area contributed by atoms with Crippen molar-refractivity contribution in [2.45, 2.75) is 32.2 Å².